The molecule has 0 amide bonds. The van der Waals surface area contributed by atoms with Crippen LogP contribution in [0.2, 0.25) is 0 Å². The number of rotatable bonds is 20. The van der Waals surface area contributed by atoms with Crippen LogP contribution in [0.1, 0.15) is 118 Å². The highest BCUT2D eigenvalue weighted by atomic mass is 32.2. The van der Waals surface area contributed by atoms with E-state index in [2.05, 4.69) is 38.1 Å². The molecule has 0 rings (SSSR count). The lowest BCUT2D eigenvalue weighted by molar-refractivity contribution is -0.153. The molecule has 1 unspecified atom stereocenters. The maximum Gasteiger partial charge on any atom is 0.380 e. The smallest absolute Gasteiger partial charge is 0.380 e. The van der Waals surface area contributed by atoms with Crippen LogP contribution in [0, 0.1) is 0 Å². The summed E-state index contributed by atoms with van der Waals surface area (Å²) in [5, 5.41) is -2.33. The molecule has 10 heteroatoms. The standard InChI is InChI=1S/C18H34F2O5S.C6H16N2/c1-3-4-5-6-7-8-9-10-11-12-13-14-16(2)25-17(21)15-18(19,20)26(22,23)24;1-4-7-8(5-2)6-3/h16H,3-15H2,1-2H3,(H,22,23,24);7H,4-6H2,1-3H3. The lowest BCUT2D eigenvalue weighted by atomic mass is 10.0. The molecule has 1 atom stereocenters. The quantitative estimate of drug-likeness (QED) is 0.0843. The third kappa shape index (κ3) is 20.5. The van der Waals surface area contributed by atoms with E-state index in [-0.39, 0.29) is 0 Å². The van der Waals surface area contributed by atoms with Gasteiger partial charge in [0.15, 0.2) is 0 Å². The first kappa shape index (κ1) is 35.3. The minimum absolute atomic E-state index is 0.542. The number of ether oxygens (including phenoxy) is 1. The van der Waals surface area contributed by atoms with Crippen LogP contribution < -0.4 is 5.43 Å². The van der Waals surface area contributed by atoms with Crippen LogP contribution in [0.4, 0.5) is 8.78 Å². The Balaban J connectivity index is 0. The van der Waals surface area contributed by atoms with Crippen molar-refractivity contribution in [1.82, 2.24) is 10.4 Å². The van der Waals surface area contributed by atoms with Crippen molar-refractivity contribution in [3.05, 3.63) is 0 Å². The number of nitrogens with one attached hydrogen (secondary N) is 1. The van der Waals surface area contributed by atoms with E-state index in [4.69, 9.17) is 9.29 Å². The highest BCUT2D eigenvalue weighted by Gasteiger charge is 2.46. The molecule has 0 heterocycles. The summed E-state index contributed by atoms with van der Waals surface area (Å²) in [7, 11) is -5.61. The number of alkyl halides is 2. The molecule has 7 nitrogen and oxygen atoms in total. The zero-order valence-electron chi connectivity index (χ0n) is 22.1. The van der Waals surface area contributed by atoms with Gasteiger partial charge in [0, 0.05) is 19.6 Å². The second kappa shape index (κ2) is 21.4. The van der Waals surface area contributed by atoms with Crippen LogP contribution in [-0.4, -0.2) is 54.9 Å². The highest BCUT2D eigenvalue weighted by Crippen LogP contribution is 2.25. The molecule has 0 saturated heterocycles. The summed E-state index contributed by atoms with van der Waals surface area (Å²) in [5.41, 5.74) is 3.22. The Kier molecular flexibility index (Phi) is 22.3. The zero-order valence-corrected chi connectivity index (χ0v) is 22.9. The molecular formula is C24H50F2N2O5S. The Morgan fingerprint density at radius 3 is 1.71 bits per heavy atom. The Hall–Kier alpha value is -0.840. The average Bonchev–Trinajstić information content (AvgIpc) is 2.75. The van der Waals surface area contributed by atoms with Gasteiger partial charge < -0.3 is 4.74 Å². The van der Waals surface area contributed by atoms with E-state index >= 15 is 0 Å². The monoisotopic (exact) mass is 516 g/mol. The Bertz CT molecular complexity index is 588. The van der Waals surface area contributed by atoms with Crippen molar-refractivity contribution in [3.8, 4) is 0 Å². The summed E-state index contributed by atoms with van der Waals surface area (Å²) >= 11 is 0. The summed E-state index contributed by atoms with van der Waals surface area (Å²) < 4.78 is 60.1. The van der Waals surface area contributed by atoms with Gasteiger partial charge in [-0.25, -0.2) is 5.01 Å². The van der Waals surface area contributed by atoms with Crippen molar-refractivity contribution in [2.75, 3.05) is 19.6 Å². The van der Waals surface area contributed by atoms with Crippen LogP contribution in [-0.2, 0) is 19.6 Å². The van der Waals surface area contributed by atoms with Crippen LogP contribution >= 0.6 is 0 Å². The molecule has 0 aliphatic carbocycles. The molecule has 0 aliphatic heterocycles. The number of unbranched alkanes of at least 4 members (excludes halogenated alkanes) is 10. The summed E-state index contributed by atoms with van der Waals surface area (Å²) in [5.74, 6) is -1.33. The van der Waals surface area contributed by atoms with Gasteiger partial charge in [-0.05, 0) is 19.8 Å². The third-order valence-electron chi connectivity index (χ3n) is 5.42. The molecule has 0 aliphatic rings. The second-order valence-corrected chi connectivity index (χ2v) is 10.1. The van der Waals surface area contributed by atoms with Gasteiger partial charge in [0.25, 0.3) is 0 Å². The summed E-state index contributed by atoms with van der Waals surface area (Å²) in [6.45, 7) is 13.4. The van der Waals surface area contributed by atoms with Gasteiger partial charge in [-0.3, -0.25) is 14.8 Å². The molecular weight excluding hydrogens is 466 g/mol. The predicted molar refractivity (Wildman–Crippen MR) is 134 cm³/mol. The molecule has 0 bridgehead atoms. The minimum Gasteiger partial charge on any atom is -0.462 e. The number of hydrogen-bond donors (Lipinski definition) is 2. The Morgan fingerprint density at radius 2 is 1.35 bits per heavy atom. The summed E-state index contributed by atoms with van der Waals surface area (Å²) in [4.78, 5) is 11.3. The number of hydrazine groups is 1. The largest absolute Gasteiger partial charge is 0.462 e. The fourth-order valence-corrected chi connectivity index (χ4v) is 3.65. The Labute approximate surface area is 207 Å². The molecule has 0 spiro atoms. The number of carbonyl (C=O) groups excluding carboxylic acids is 1. The fourth-order valence-electron chi connectivity index (χ4n) is 3.35. The SMILES string of the molecule is CCCCCCCCCCCCCC(C)OC(=O)CC(F)(F)S(=O)(=O)O.CCNN(CC)CC. The normalized spacial score (nSPS) is 12.9. The van der Waals surface area contributed by atoms with Crippen molar-refractivity contribution in [1.29, 1.82) is 0 Å². The van der Waals surface area contributed by atoms with E-state index in [1.807, 2.05) is 0 Å². The van der Waals surface area contributed by atoms with Crippen LogP contribution in [0.5, 0.6) is 0 Å². The molecule has 0 saturated carbocycles. The third-order valence-corrected chi connectivity index (χ3v) is 6.32. The summed E-state index contributed by atoms with van der Waals surface area (Å²) in [6, 6.07) is 0. The van der Waals surface area contributed by atoms with E-state index in [9.17, 15) is 22.0 Å². The van der Waals surface area contributed by atoms with Crippen LogP contribution in [0.15, 0.2) is 0 Å². The van der Waals surface area contributed by atoms with Crippen molar-refractivity contribution >= 4 is 16.1 Å². The molecule has 0 aromatic rings. The van der Waals surface area contributed by atoms with Gasteiger partial charge in [-0.2, -0.15) is 17.2 Å². The van der Waals surface area contributed by atoms with Crippen molar-refractivity contribution in [2.45, 2.75) is 129 Å². The predicted octanol–water partition coefficient (Wildman–Crippen LogP) is 6.34. The number of halogens is 2. The van der Waals surface area contributed by atoms with E-state index in [1.54, 1.807) is 6.92 Å². The van der Waals surface area contributed by atoms with E-state index in [1.165, 1.54) is 51.4 Å². The number of esters is 1. The maximum atomic E-state index is 13.0. The van der Waals surface area contributed by atoms with Crippen LogP contribution in [0.3, 0.4) is 0 Å². The lowest BCUT2D eigenvalue weighted by Crippen LogP contribution is -2.37. The molecule has 0 aromatic carbocycles. The second-order valence-electron chi connectivity index (χ2n) is 8.60. The first-order valence-electron chi connectivity index (χ1n) is 13.0. The molecule has 0 fully saturated rings. The zero-order chi connectivity index (χ0) is 26.5. The van der Waals surface area contributed by atoms with Crippen LogP contribution in [0.25, 0.3) is 0 Å². The maximum absolute atomic E-state index is 13.0. The van der Waals surface area contributed by atoms with Gasteiger partial charge in [0.05, 0.1) is 6.10 Å². The van der Waals surface area contributed by atoms with Gasteiger partial charge in [0.1, 0.15) is 6.42 Å². The molecule has 0 aromatic heterocycles. The minimum atomic E-state index is -5.61. The Morgan fingerprint density at radius 1 is 0.912 bits per heavy atom. The van der Waals surface area contributed by atoms with Gasteiger partial charge in [-0.1, -0.05) is 91.9 Å². The topological polar surface area (TPSA) is 95.9 Å². The van der Waals surface area contributed by atoms with Gasteiger partial charge >= 0.3 is 21.3 Å². The van der Waals surface area contributed by atoms with E-state index in [0.717, 1.165) is 38.9 Å². The highest BCUT2D eigenvalue weighted by molar-refractivity contribution is 7.86. The average molecular weight is 517 g/mol. The van der Waals surface area contributed by atoms with Crippen molar-refractivity contribution in [2.24, 2.45) is 0 Å². The molecule has 34 heavy (non-hydrogen) atoms. The molecule has 2 N–H and O–H groups in total. The first-order chi connectivity index (χ1) is 15.9. The van der Waals surface area contributed by atoms with Gasteiger partial charge in [0.2, 0.25) is 0 Å². The lowest BCUT2D eigenvalue weighted by Gasteiger charge is -2.17. The van der Waals surface area contributed by atoms with E-state index in [0.29, 0.717) is 6.42 Å². The molecule has 206 valence electrons. The van der Waals surface area contributed by atoms with Crippen molar-refractivity contribution < 1.29 is 31.3 Å². The number of carbonyl (C=O) groups is 1. The van der Waals surface area contributed by atoms with Gasteiger partial charge in [-0.15, -0.1) is 0 Å². The number of hydrogen-bond acceptors (Lipinski definition) is 6. The number of nitrogens with zero attached hydrogens (tertiary/aromatic N) is 1. The fraction of sp³-hybridized carbons (Fsp3) is 0.958. The van der Waals surface area contributed by atoms with E-state index < -0.39 is 33.9 Å². The molecule has 0 radical (unpaired) electrons. The first-order valence-corrected chi connectivity index (χ1v) is 14.4. The summed E-state index contributed by atoms with van der Waals surface area (Å²) in [6.07, 6.45) is 11.4. The van der Waals surface area contributed by atoms with Crippen molar-refractivity contribution in [3.63, 3.8) is 0 Å².